The zero-order valence-corrected chi connectivity index (χ0v) is 13.6. The van der Waals surface area contributed by atoms with E-state index in [1.807, 2.05) is 13.0 Å². The Labute approximate surface area is 142 Å². The topological polar surface area (TPSA) is 84.8 Å². The summed E-state index contributed by atoms with van der Waals surface area (Å²) < 4.78 is 43.4. The SMILES string of the molecule is CCO[C@@H]1CC[C@H]2[C@H]1OCCN2c1ncccn1.O=C(O)C(F)(F)F. The zero-order chi connectivity index (χ0) is 18.4. The van der Waals surface area contributed by atoms with Crippen LogP contribution in [-0.4, -0.2) is 65.2 Å². The van der Waals surface area contributed by atoms with E-state index in [9.17, 15) is 13.2 Å². The molecule has 7 nitrogen and oxygen atoms in total. The third-order valence-corrected chi connectivity index (χ3v) is 3.97. The van der Waals surface area contributed by atoms with Gasteiger partial charge in [0.15, 0.2) is 0 Å². The van der Waals surface area contributed by atoms with E-state index in [1.54, 1.807) is 12.4 Å². The van der Waals surface area contributed by atoms with Crippen LogP contribution in [0.15, 0.2) is 18.5 Å². The largest absolute Gasteiger partial charge is 0.490 e. The smallest absolute Gasteiger partial charge is 0.475 e. The van der Waals surface area contributed by atoms with Crippen LogP contribution < -0.4 is 4.90 Å². The maximum atomic E-state index is 10.6. The molecular weight excluding hydrogens is 343 g/mol. The molecule has 10 heteroatoms. The molecule has 0 spiro atoms. The minimum absolute atomic E-state index is 0.169. The highest BCUT2D eigenvalue weighted by molar-refractivity contribution is 5.73. The van der Waals surface area contributed by atoms with Crippen molar-refractivity contribution in [2.75, 3.05) is 24.7 Å². The first-order valence-electron chi connectivity index (χ1n) is 7.91. The van der Waals surface area contributed by atoms with E-state index in [1.165, 1.54) is 0 Å². The first-order chi connectivity index (χ1) is 11.8. The number of anilines is 1. The number of aliphatic carboxylic acids is 1. The number of hydrogen-bond acceptors (Lipinski definition) is 6. The van der Waals surface area contributed by atoms with Crippen LogP contribution in [0, 0.1) is 0 Å². The summed E-state index contributed by atoms with van der Waals surface area (Å²) in [6.45, 7) is 4.38. The summed E-state index contributed by atoms with van der Waals surface area (Å²) in [6.07, 6.45) is 1.05. The Bertz CT molecular complexity index is 559. The van der Waals surface area contributed by atoms with Crippen molar-refractivity contribution < 1.29 is 32.5 Å². The van der Waals surface area contributed by atoms with Gasteiger partial charge in [-0.1, -0.05) is 0 Å². The molecule has 1 aliphatic carbocycles. The van der Waals surface area contributed by atoms with Gasteiger partial charge in [0.1, 0.15) is 6.10 Å². The van der Waals surface area contributed by atoms with Gasteiger partial charge in [0.2, 0.25) is 5.95 Å². The number of rotatable bonds is 3. The van der Waals surface area contributed by atoms with Crippen LogP contribution in [0.5, 0.6) is 0 Å². The fourth-order valence-electron chi connectivity index (χ4n) is 3.00. The Kier molecular flexibility index (Phi) is 6.54. The lowest BCUT2D eigenvalue weighted by molar-refractivity contribution is -0.192. The van der Waals surface area contributed by atoms with Gasteiger partial charge in [-0.2, -0.15) is 13.2 Å². The standard InChI is InChI=1S/C13H19N3O2.C2HF3O2/c1-2-17-11-5-4-10-12(11)18-9-8-16(10)13-14-6-3-7-15-13;3-2(4,5)1(6)7/h3,6-7,10-12H,2,4-5,8-9H2,1H3;(H,6,7)/t10-,11+,12+;/m0./s1. The van der Waals surface area contributed by atoms with Crippen molar-refractivity contribution >= 4 is 11.9 Å². The summed E-state index contributed by atoms with van der Waals surface area (Å²) in [7, 11) is 0. The van der Waals surface area contributed by atoms with Crippen molar-refractivity contribution in [1.82, 2.24) is 9.97 Å². The molecule has 0 aromatic carbocycles. The van der Waals surface area contributed by atoms with Crippen LogP contribution in [0.25, 0.3) is 0 Å². The average Bonchev–Trinajstić information content (AvgIpc) is 2.99. The number of morpholine rings is 1. The fraction of sp³-hybridized carbons (Fsp3) is 0.667. The lowest BCUT2D eigenvalue weighted by atomic mass is 10.1. The predicted molar refractivity (Wildman–Crippen MR) is 81.2 cm³/mol. The molecule has 1 aromatic heterocycles. The molecule has 2 heterocycles. The molecule has 140 valence electrons. The van der Waals surface area contributed by atoms with Gasteiger partial charge in [-0.25, -0.2) is 14.8 Å². The van der Waals surface area contributed by atoms with Crippen LogP contribution in [0.4, 0.5) is 19.1 Å². The van der Waals surface area contributed by atoms with Gasteiger partial charge in [0.25, 0.3) is 0 Å². The first kappa shape index (κ1) is 19.4. The highest BCUT2D eigenvalue weighted by atomic mass is 19.4. The number of ether oxygens (including phenoxy) is 2. The minimum Gasteiger partial charge on any atom is -0.475 e. The molecule has 0 radical (unpaired) electrons. The zero-order valence-electron chi connectivity index (χ0n) is 13.6. The summed E-state index contributed by atoms with van der Waals surface area (Å²) in [5, 5.41) is 7.12. The van der Waals surface area contributed by atoms with Gasteiger partial charge in [-0.15, -0.1) is 0 Å². The molecule has 1 aliphatic heterocycles. The molecule has 0 amide bonds. The second kappa shape index (κ2) is 8.43. The van der Waals surface area contributed by atoms with Gasteiger partial charge < -0.3 is 19.5 Å². The number of hydrogen-bond donors (Lipinski definition) is 1. The molecule has 25 heavy (non-hydrogen) atoms. The van der Waals surface area contributed by atoms with Crippen molar-refractivity contribution in [3.8, 4) is 0 Å². The van der Waals surface area contributed by atoms with Gasteiger partial charge >= 0.3 is 12.1 Å². The maximum absolute atomic E-state index is 10.6. The monoisotopic (exact) mass is 363 g/mol. The van der Waals surface area contributed by atoms with Crippen LogP contribution in [0.1, 0.15) is 19.8 Å². The Morgan fingerprint density at radius 1 is 1.40 bits per heavy atom. The fourth-order valence-corrected chi connectivity index (χ4v) is 3.00. The third kappa shape index (κ3) is 5.02. The van der Waals surface area contributed by atoms with Crippen molar-refractivity contribution in [2.24, 2.45) is 0 Å². The summed E-state index contributed by atoms with van der Waals surface area (Å²) in [4.78, 5) is 19.9. The van der Waals surface area contributed by atoms with Crippen LogP contribution in [-0.2, 0) is 14.3 Å². The number of aromatic nitrogens is 2. The Morgan fingerprint density at radius 3 is 2.60 bits per heavy atom. The van der Waals surface area contributed by atoms with E-state index >= 15 is 0 Å². The van der Waals surface area contributed by atoms with E-state index in [0.717, 1.165) is 38.5 Å². The molecule has 0 unspecified atom stereocenters. The molecule has 1 N–H and O–H groups in total. The highest BCUT2D eigenvalue weighted by Gasteiger charge is 2.44. The third-order valence-electron chi connectivity index (χ3n) is 3.97. The number of fused-ring (bicyclic) bond motifs is 1. The predicted octanol–water partition coefficient (Wildman–Crippen LogP) is 1.88. The second-order valence-corrected chi connectivity index (χ2v) is 5.52. The van der Waals surface area contributed by atoms with Crippen LogP contribution >= 0.6 is 0 Å². The van der Waals surface area contributed by atoms with Crippen molar-refractivity contribution in [3.05, 3.63) is 18.5 Å². The van der Waals surface area contributed by atoms with Crippen molar-refractivity contribution in [2.45, 2.75) is 44.2 Å². The molecule has 1 saturated carbocycles. The van der Waals surface area contributed by atoms with Gasteiger partial charge in [0.05, 0.1) is 18.8 Å². The molecular formula is C15H20F3N3O4. The number of alkyl halides is 3. The van der Waals surface area contributed by atoms with Gasteiger partial charge in [-0.05, 0) is 25.8 Å². The van der Waals surface area contributed by atoms with Crippen LogP contribution in [0.3, 0.4) is 0 Å². The van der Waals surface area contributed by atoms with Crippen LogP contribution in [0.2, 0.25) is 0 Å². The summed E-state index contributed by atoms with van der Waals surface area (Å²) >= 11 is 0. The minimum atomic E-state index is -5.08. The summed E-state index contributed by atoms with van der Waals surface area (Å²) in [5.74, 6) is -1.94. The molecule has 3 rings (SSSR count). The van der Waals surface area contributed by atoms with E-state index < -0.39 is 12.1 Å². The summed E-state index contributed by atoms with van der Waals surface area (Å²) in [6, 6.07) is 2.21. The highest BCUT2D eigenvalue weighted by Crippen LogP contribution is 2.33. The number of nitrogens with zero attached hydrogens (tertiary/aromatic N) is 3. The lowest BCUT2D eigenvalue weighted by Crippen LogP contribution is -2.52. The van der Waals surface area contributed by atoms with E-state index in [-0.39, 0.29) is 12.2 Å². The molecule has 3 atom stereocenters. The first-order valence-corrected chi connectivity index (χ1v) is 7.91. The average molecular weight is 363 g/mol. The van der Waals surface area contributed by atoms with E-state index in [0.29, 0.717) is 6.04 Å². The quantitative estimate of drug-likeness (QED) is 0.878. The van der Waals surface area contributed by atoms with E-state index in [2.05, 4.69) is 14.9 Å². The molecule has 1 saturated heterocycles. The number of carbonyl (C=O) groups is 1. The molecule has 0 bridgehead atoms. The molecule has 2 fully saturated rings. The van der Waals surface area contributed by atoms with Crippen molar-refractivity contribution in [1.29, 1.82) is 0 Å². The van der Waals surface area contributed by atoms with Gasteiger partial charge in [0, 0.05) is 25.5 Å². The molecule has 2 aliphatic rings. The Morgan fingerprint density at radius 2 is 2.04 bits per heavy atom. The molecule has 1 aromatic rings. The normalized spacial score (nSPS) is 25.8. The number of carboxylic acid groups (broad SMARTS) is 1. The Hall–Kier alpha value is -1.94. The Balaban J connectivity index is 0.000000277. The summed E-state index contributed by atoms with van der Waals surface area (Å²) in [5.41, 5.74) is 0. The van der Waals surface area contributed by atoms with E-state index in [4.69, 9.17) is 19.4 Å². The second-order valence-electron chi connectivity index (χ2n) is 5.52. The number of carboxylic acids is 1. The number of halogens is 3. The maximum Gasteiger partial charge on any atom is 0.490 e. The van der Waals surface area contributed by atoms with Crippen molar-refractivity contribution in [3.63, 3.8) is 0 Å². The van der Waals surface area contributed by atoms with Gasteiger partial charge in [-0.3, -0.25) is 0 Å². The lowest BCUT2D eigenvalue weighted by Gasteiger charge is -2.38.